The van der Waals surface area contributed by atoms with Crippen LogP contribution in [-0.4, -0.2) is 51.2 Å². The molecule has 2 rings (SSSR count). The van der Waals surface area contributed by atoms with Gasteiger partial charge < -0.3 is 10.2 Å². The van der Waals surface area contributed by atoms with E-state index in [4.69, 9.17) is 23.2 Å². The van der Waals surface area contributed by atoms with Crippen LogP contribution in [0.15, 0.2) is 23.1 Å². The number of halogens is 2. The van der Waals surface area contributed by atoms with Crippen molar-refractivity contribution in [2.24, 2.45) is 5.41 Å². The Morgan fingerprint density at radius 1 is 1.21 bits per heavy atom. The third-order valence-electron chi connectivity index (χ3n) is 4.24. The van der Waals surface area contributed by atoms with Gasteiger partial charge >= 0.3 is 0 Å². The summed E-state index contributed by atoms with van der Waals surface area (Å²) in [5.74, 6) is -0.338. The zero-order chi connectivity index (χ0) is 18.5. The van der Waals surface area contributed by atoms with Crippen molar-refractivity contribution in [2.45, 2.75) is 22.6 Å². The molecule has 1 aromatic rings. The van der Waals surface area contributed by atoms with Gasteiger partial charge in [0.1, 0.15) is 4.33 Å². The molecule has 0 saturated heterocycles. The highest BCUT2D eigenvalue weighted by atomic mass is 35.5. The second-order valence-corrected chi connectivity index (χ2v) is 10.2. The van der Waals surface area contributed by atoms with E-state index in [-0.39, 0.29) is 10.8 Å². The van der Waals surface area contributed by atoms with Crippen molar-refractivity contribution in [3.05, 3.63) is 18.2 Å². The molecule has 1 aliphatic rings. The van der Waals surface area contributed by atoms with E-state index < -0.39 is 19.8 Å². The molecule has 0 radical (unpaired) electrons. The summed E-state index contributed by atoms with van der Waals surface area (Å²) in [6.07, 6.45) is 0.349. The Balaban J connectivity index is 2.42. The van der Waals surface area contributed by atoms with Crippen LogP contribution in [-0.2, 0) is 14.8 Å². The highest BCUT2D eigenvalue weighted by Crippen LogP contribution is 2.64. The Morgan fingerprint density at radius 3 is 2.17 bits per heavy atom. The van der Waals surface area contributed by atoms with E-state index in [1.165, 1.54) is 26.2 Å². The van der Waals surface area contributed by atoms with E-state index in [2.05, 4.69) is 5.32 Å². The van der Waals surface area contributed by atoms with Gasteiger partial charge in [0.05, 0.1) is 21.7 Å². The fourth-order valence-electron chi connectivity index (χ4n) is 2.28. The molecule has 1 N–H and O–H groups in total. The largest absolute Gasteiger partial charge is 0.376 e. The van der Waals surface area contributed by atoms with Crippen molar-refractivity contribution in [2.75, 3.05) is 38.4 Å². The van der Waals surface area contributed by atoms with Crippen molar-refractivity contribution in [3.63, 3.8) is 0 Å². The molecule has 9 heteroatoms. The maximum atomic E-state index is 12.5. The van der Waals surface area contributed by atoms with Gasteiger partial charge in [0.2, 0.25) is 15.9 Å². The minimum Gasteiger partial charge on any atom is -0.376 e. The zero-order valence-corrected chi connectivity index (χ0v) is 16.6. The summed E-state index contributed by atoms with van der Waals surface area (Å²) in [7, 11) is 2.90. The maximum Gasteiger partial charge on any atom is 0.242 e. The van der Waals surface area contributed by atoms with E-state index in [9.17, 15) is 13.2 Å². The van der Waals surface area contributed by atoms with Gasteiger partial charge in [0.25, 0.3) is 0 Å². The number of rotatable bonds is 5. The summed E-state index contributed by atoms with van der Waals surface area (Å²) in [5, 5.41) is 2.77. The van der Waals surface area contributed by atoms with E-state index in [0.717, 1.165) is 4.31 Å². The first-order valence-corrected chi connectivity index (χ1v) is 9.46. The van der Waals surface area contributed by atoms with Crippen LogP contribution in [0.4, 0.5) is 11.4 Å². The number of anilines is 2. The van der Waals surface area contributed by atoms with Crippen LogP contribution >= 0.6 is 23.2 Å². The molecule has 6 nitrogen and oxygen atoms in total. The van der Waals surface area contributed by atoms with Crippen LogP contribution in [0, 0.1) is 5.41 Å². The topological polar surface area (TPSA) is 69.7 Å². The Morgan fingerprint density at radius 2 is 1.75 bits per heavy atom. The predicted octanol–water partition coefficient (Wildman–Crippen LogP) is 2.53. The third-order valence-corrected chi connectivity index (χ3v) is 7.15. The highest BCUT2D eigenvalue weighted by molar-refractivity contribution is 7.89. The van der Waals surface area contributed by atoms with Crippen LogP contribution in [0.1, 0.15) is 13.3 Å². The second kappa shape index (κ2) is 6.05. The van der Waals surface area contributed by atoms with Crippen molar-refractivity contribution < 1.29 is 13.2 Å². The number of hydrogen-bond donors (Lipinski definition) is 1. The molecular weight excluding hydrogens is 373 g/mol. The Labute approximate surface area is 152 Å². The molecule has 0 bridgehead atoms. The van der Waals surface area contributed by atoms with Gasteiger partial charge in [-0.05, 0) is 31.5 Å². The molecule has 1 aromatic carbocycles. The van der Waals surface area contributed by atoms with Gasteiger partial charge in [0, 0.05) is 28.2 Å². The van der Waals surface area contributed by atoms with Gasteiger partial charge in [0.15, 0.2) is 0 Å². The first kappa shape index (κ1) is 19.3. The SMILES string of the molecule is CN(C)c1ccc(S(=O)(=O)N(C)C)cc1NC(=O)[C@@]1(C)CC1(Cl)Cl. The molecule has 1 aliphatic carbocycles. The van der Waals surface area contributed by atoms with Gasteiger partial charge in [-0.1, -0.05) is 0 Å². The Hall–Kier alpha value is -1.02. The number of amides is 1. The van der Waals surface area contributed by atoms with Gasteiger partial charge in [-0.2, -0.15) is 0 Å². The summed E-state index contributed by atoms with van der Waals surface area (Å²) in [6, 6.07) is 4.60. The smallest absolute Gasteiger partial charge is 0.242 e. The molecule has 1 amide bonds. The average Bonchev–Trinajstić information content (AvgIpc) is 2.98. The summed E-state index contributed by atoms with van der Waals surface area (Å²) >= 11 is 12.1. The molecule has 1 saturated carbocycles. The quantitative estimate of drug-likeness (QED) is 0.780. The van der Waals surface area contributed by atoms with E-state index >= 15 is 0 Å². The number of alkyl halides is 2. The van der Waals surface area contributed by atoms with E-state index in [1.54, 1.807) is 32.0 Å². The molecule has 0 spiro atoms. The van der Waals surface area contributed by atoms with Crippen LogP contribution in [0.5, 0.6) is 0 Å². The highest BCUT2D eigenvalue weighted by Gasteiger charge is 2.67. The minimum atomic E-state index is -3.61. The molecule has 0 aliphatic heterocycles. The second-order valence-electron chi connectivity index (χ2n) is 6.53. The van der Waals surface area contributed by atoms with Crippen LogP contribution in [0.25, 0.3) is 0 Å². The molecule has 0 aromatic heterocycles. The molecule has 0 heterocycles. The van der Waals surface area contributed by atoms with Gasteiger partial charge in [-0.15, -0.1) is 23.2 Å². The molecule has 1 atom stereocenters. The van der Waals surface area contributed by atoms with Crippen molar-refractivity contribution in [1.82, 2.24) is 4.31 Å². The zero-order valence-electron chi connectivity index (χ0n) is 14.2. The number of carbonyl (C=O) groups is 1. The van der Waals surface area contributed by atoms with Gasteiger partial charge in [-0.3, -0.25) is 4.79 Å². The lowest BCUT2D eigenvalue weighted by Gasteiger charge is -2.21. The lowest BCUT2D eigenvalue weighted by molar-refractivity contribution is -0.120. The minimum absolute atomic E-state index is 0.0948. The number of hydrogen-bond acceptors (Lipinski definition) is 4. The molecular formula is C15H21Cl2N3O3S. The first-order valence-electron chi connectivity index (χ1n) is 7.26. The van der Waals surface area contributed by atoms with Gasteiger partial charge in [-0.25, -0.2) is 12.7 Å². The molecule has 1 fully saturated rings. The summed E-state index contributed by atoms with van der Waals surface area (Å²) in [6.45, 7) is 1.68. The number of nitrogens with one attached hydrogen (secondary N) is 1. The lowest BCUT2D eigenvalue weighted by Crippen LogP contribution is -2.27. The van der Waals surface area contributed by atoms with Crippen molar-refractivity contribution in [3.8, 4) is 0 Å². The van der Waals surface area contributed by atoms with Crippen LogP contribution < -0.4 is 10.2 Å². The third kappa shape index (κ3) is 3.22. The fourth-order valence-corrected chi connectivity index (χ4v) is 3.92. The summed E-state index contributed by atoms with van der Waals surface area (Å²) in [4.78, 5) is 14.4. The van der Waals surface area contributed by atoms with Crippen LogP contribution in [0.2, 0.25) is 0 Å². The number of benzene rings is 1. The Kier molecular flexibility index (Phi) is 4.87. The van der Waals surface area contributed by atoms with Crippen LogP contribution in [0.3, 0.4) is 0 Å². The molecule has 134 valence electrons. The van der Waals surface area contributed by atoms with E-state index in [0.29, 0.717) is 17.8 Å². The van der Waals surface area contributed by atoms with E-state index in [1.807, 2.05) is 0 Å². The lowest BCUT2D eigenvalue weighted by atomic mass is 10.1. The average molecular weight is 394 g/mol. The maximum absolute atomic E-state index is 12.5. The monoisotopic (exact) mass is 393 g/mol. The number of nitrogens with zero attached hydrogens (tertiary/aromatic N) is 2. The standard InChI is InChI=1S/C15H21Cl2N3O3S/c1-14(9-15(14,16)17)13(21)18-11-8-10(24(22,23)20(4)5)6-7-12(11)19(2)3/h6-8H,9H2,1-5H3,(H,18,21)/t14-/m1/s1. The van der Waals surface area contributed by atoms with Crippen molar-refractivity contribution >= 4 is 50.5 Å². The number of carbonyl (C=O) groups excluding carboxylic acids is 1. The number of sulfonamides is 1. The molecule has 24 heavy (non-hydrogen) atoms. The fraction of sp³-hybridized carbons (Fsp3) is 0.533. The summed E-state index contributed by atoms with van der Waals surface area (Å²) in [5.41, 5.74) is 0.182. The first-order chi connectivity index (χ1) is 10.8. The summed E-state index contributed by atoms with van der Waals surface area (Å²) < 4.78 is 24.7. The Bertz CT molecular complexity index is 778. The normalized spacial score (nSPS) is 22.3. The molecule has 0 unspecified atom stereocenters. The predicted molar refractivity (Wildman–Crippen MR) is 97.4 cm³/mol. The van der Waals surface area contributed by atoms with Crippen molar-refractivity contribution in [1.29, 1.82) is 0 Å².